The van der Waals surface area contributed by atoms with Gasteiger partial charge in [0.15, 0.2) is 0 Å². The number of nitrogens with zero attached hydrogens (tertiary/aromatic N) is 1. The van der Waals surface area contributed by atoms with Crippen LogP contribution in [0.15, 0.2) is 35.7 Å². The lowest BCUT2D eigenvalue weighted by molar-refractivity contribution is -0.121. The Morgan fingerprint density at radius 1 is 1.22 bits per heavy atom. The maximum atomic E-state index is 14.0. The Hall–Kier alpha value is -2.74. The van der Waals surface area contributed by atoms with E-state index in [2.05, 4.69) is 10.6 Å². The summed E-state index contributed by atoms with van der Waals surface area (Å²) >= 11 is 1.37. The highest BCUT2D eigenvalue weighted by atomic mass is 32.1. The topological polar surface area (TPSA) is 78.5 Å². The molecule has 0 unspecified atom stereocenters. The molecule has 1 fully saturated rings. The van der Waals surface area contributed by atoms with Crippen molar-refractivity contribution >= 4 is 40.4 Å². The Morgan fingerprint density at radius 2 is 2.04 bits per heavy atom. The van der Waals surface area contributed by atoms with Gasteiger partial charge in [-0.05, 0) is 42.5 Å². The number of amides is 3. The summed E-state index contributed by atoms with van der Waals surface area (Å²) in [5.74, 6) is -1.70. The molecule has 0 radical (unpaired) electrons. The third-order valence-corrected chi connectivity index (χ3v) is 5.21. The van der Waals surface area contributed by atoms with Crippen LogP contribution in [0.25, 0.3) is 0 Å². The second-order valence-electron chi connectivity index (χ2n) is 6.43. The molecule has 3 amide bonds. The van der Waals surface area contributed by atoms with Crippen LogP contribution in [0.3, 0.4) is 0 Å². The summed E-state index contributed by atoms with van der Waals surface area (Å²) in [6, 6.07) is 7.57. The van der Waals surface area contributed by atoms with E-state index in [4.69, 9.17) is 0 Å². The summed E-state index contributed by atoms with van der Waals surface area (Å²) in [4.78, 5) is 38.6. The molecule has 1 atom stereocenters. The third-order valence-electron chi connectivity index (χ3n) is 4.36. The van der Waals surface area contributed by atoms with Crippen molar-refractivity contribution < 1.29 is 18.8 Å². The number of thiophene rings is 1. The minimum atomic E-state index is -0.584. The van der Waals surface area contributed by atoms with Crippen molar-refractivity contribution in [3.05, 3.63) is 46.4 Å². The first-order valence-electron chi connectivity index (χ1n) is 8.65. The minimum Gasteiger partial charge on any atom is -0.337 e. The zero-order valence-corrected chi connectivity index (χ0v) is 15.6. The molecule has 2 aromatic rings. The zero-order valence-electron chi connectivity index (χ0n) is 14.8. The van der Waals surface area contributed by atoms with Gasteiger partial charge in [-0.25, -0.2) is 4.39 Å². The van der Waals surface area contributed by atoms with Gasteiger partial charge in [-0.15, -0.1) is 11.3 Å². The number of carbonyl (C=O) groups excluding carboxylic acids is 3. The number of hydrogen-bond acceptors (Lipinski definition) is 4. The summed E-state index contributed by atoms with van der Waals surface area (Å²) in [6.07, 6.45) is 1.34. The first-order valence-corrected chi connectivity index (χ1v) is 9.53. The van der Waals surface area contributed by atoms with Gasteiger partial charge in [-0.3, -0.25) is 14.4 Å². The molecule has 27 heavy (non-hydrogen) atoms. The van der Waals surface area contributed by atoms with Gasteiger partial charge in [-0.1, -0.05) is 6.07 Å². The summed E-state index contributed by atoms with van der Waals surface area (Å²) < 4.78 is 14.0. The Morgan fingerprint density at radius 3 is 2.74 bits per heavy atom. The molecule has 1 aliphatic heterocycles. The SMILES string of the molecule is CC(=O)Nc1ccc(F)c(NC(=O)[C@@H]2CCCN(C(=O)c3cccs3)C2)c1. The molecular formula is C19H20FN3O3S. The Balaban J connectivity index is 1.67. The van der Waals surface area contributed by atoms with Crippen LogP contribution in [0.5, 0.6) is 0 Å². The molecule has 1 aromatic carbocycles. The zero-order chi connectivity index (χ0) is 19.4. The molecule has 0 bridgehead atoms. The van der Waals surface area contributed by atoms with Gasteiger partial charge in [0.1, 0.15) is 5.82 Å². The van der Waals surface area contributed by atoms with Crippen molar-refractivity contribution in [2.75, 3.05) is 23.7 Å². The van der Waals surface area contributed by atoms with Crippen molar-refractivity contribution in [2.45, 2.75) is 19.8 Å². The first-order chi connectivity index (χ1) is 12.9. The van der Waals surface area contributed by atoms with E-state index < -0.39 is 11.7 Å². The van der Waals surface area contributed by atoms with Crippen LogP contribution in [0.4, 0.5) is 15.8 Å². The van der Waals surface area contributed by atoms with Crippen LogP contribution in [-0.4, -0.2) is 35.7 Å². The number of benzene rings is 1. The predicted molar refractivity (Wildman–Crippen MR) is 102 cm³/mol. The van der Waals surface area contributed by atoms with Crippen LogP contribution < -0.4 is 10.6 Å². The van der Waals surface area contributed by atoms with Crippen molar-refractivity contribution in [3.63, 3.8) is 0 Å². The number of piperidine rings is 1. The molecule has 1 aliphatic rings. The summed E-state index contributed by atoms with van der Waals surface area (Å²) in [5, 5.41) is 6.98. The van der Waals surface area contributed by atoms with Crippen molar-refractivity contribution in [3.8, 4) is 0 Å². The highest BCUT2D eigenvalue weighted by molar-refractivity contribution is 7.12. The second kappa shape index (κ2) is 8.30. The van der Waals surface area contributed by atoms with Crippen LogP contribution >= 0.6 is 11.3 Å². The summed E-state index contributed by atoms with van der Waals surface area (Å²) in [7, 11) is 0. The van der Waals surface area contributed by atoms with Crippen LogP contribution in [0.2, 0.25) is 0 Å². The van der Waals surface area contributed by atoms with E-state index in [0.717, 1.165) is 0 Å². The molecule has 142 valence electrons. The normalized spacial score (nSPS) is 16.7. The average molecular weight is 389 g/mol. The number of carbonyl (C=O) groups is 3. The van der Waals surface area contributed by atoms with E-state index in [9.17, 15) is 18.8 Å². The minimum absolute atomic E-state index is 0.00737. The number of halogens is 1. The van der Waals surface area contributed by atoms with E-state index in [-0.39, 0.29) is 23.4 Å². The van der Waals surface area contributed by atoms with E-state index in [1.165, 1.54) is 36.5 Å². The lowest BCUT2D eigenvalue weighted by Gasteiger charge is -2.31. The van der Waals surface area contributed by atoms with Gasteiger partial charge in [0.05, 0.1) is 16.5 Å². The third kappa shape index (κ3) is 4.71. The molecule has 6 nitrogen and oxygen atoms in total. The number of hydrogen-bond donors (Lipinski definition) is 2. The quantitative estimate of drug-likeness (QED) is 0.842. The average Bonchev–Trinajstić information content (AvgIpc) is 3.18. The van der Waals surface area contributed by atoms with Gasteiger partial charge in [0.2, 0.25) is 11.8 Å². The highest BCUT2D eigenvalue weighted by Crippen LogP contribution is 2.24. The molecule has 8 heteroatoms. The first kappa shape index (κ1) is 19.0. The number of nitrogens with one attached hydrogen (secondary N) is 2. The molecule has 3 rings (SSSR count). The Bertz CT molecular complexity index is 854. The van der Waals surface area contributed by atoms with E-state index in [1.807, 2.05) is 11.4 Å². The predicted octanol–water partition coefficient (Wildman–Crippen LogP) is 3.34. The van der Waals surface area contributed by atoms with Gasteiger partial charge >= 0.3 is 0 Å². The summed E-state index contributed by atoms with van der Waals surface area (Å²) in [5.41, 5.74) is 0.408. The number of likely N-dealkylation sites (tertiary alicyclic amines) is 1. The maximum absolute atomic E-state index is 14.0. The van der Waals surface area contributed by atoms with Gasteiger partial charge in [-0.2, -0.15) is 0 Å². The van der Waals surface area contributed by atoms with Gasteiger partial charge in [0.25, 0.3) is 5.91 Å². The van der Waals surface area contributed by atoms with E-state index in [1.54, 1.807) is 11.0 Å². The van der Waals surface area contributed by atoms with Crippen LogP contribution in [0.1, 0.15) is 29.4 Å². The molecule has 0 aliphatic carbocycles. The molecule has 0 saturated carbocycles. The lowest BCUT2D eigenvalue weighted by atomic mass is 9.96. The van der Waals surface area contributed by atoms with E-state index in [0.29, 0.717) is 36.5 Å². The molecular weight excluding hydrogens is 369 g/mol. The molecule has 2 heterocycles. The molecule has 0 spiro atoms. The standard InChI is InChI=1S/C19H20FN3O3S/c1-12(24)21-14-6-7-15(20)16(10-14)22-18(25)13-4-2-8-23(11-13)19(26)17-5-3-9-27-17/h3,5-7,9-10,13H,2,4,8,11H2,1H3,(H,21,24)(H,22,25)/t13-/m1/s1. The van der Waals surface area contributed by atoms with E-state index >= 15 is 0 Å². The Labute approximate surface area is 160 Å². The van der Waals surface area contributed by atoms with Crippen molar-refractivity contribution in [1.29, 1.82) is 0 Å². The van der Waals surface area contributed by atoms with Gasteiger partial charge in [0, 0.05) is 25.7 Å². The summed E-state index contributed by atoms with van der Waals surface area (Å²) in [6.45, 7) is 2.26. The fraction of sp³-hybridized carbons (Fsp3) is 0.316. The largest absolute Gasteiger partial charge is 0.337 e. The smallest absolute Gasteiger partial charge is 0.263 e. The number of rotatable bonds is 4. The highest BCUT2D eigenvalue weighted by Gasteiger charge is 2.29. The second-order valence-corrected chi connectivity index (χ2v) is 7.38. The maximum Gasteiger partial charge on any atom is 0.263 e. The van der Waals surface area contributed by atoms with Crippen LogP contribution in [-0.2, 0) is 9.59 Å². The Kier molecular flexibility index (Phi) is 5.85. The van der Waals surface area contributed by atoms with Crippen molar-refractivity contribution in [1.82, 2.24) is 4.90 Å². The molecule has 2 N–H and O–H groups in total. The molecule has 1 saturated heterocycles. The van der Waals surface area contributed by atoms with Gasteiger partial charge < -0.3 is 15.5 Å². The monoisotopic (exact) mass is 389 g/mol. The van der Waals surface area contributed by atoms with Crippen molar-refractivity contribution in [2.24, 2.45) is 5.92 Å². The fourth-order valence-electron chi connectivity index (χ4n) is 3.07. The fourth-order valence-corrected chi connectivity index (χ4v) is 3.76. The number of anilines is 2. The lowest BCUT2D eigenvalue weighted by Crippen LogP contribution is -2.43. The van der Waals surface area contributed by atoms with Crippen LogP contribution in [0, 0.1) is 11.7 Å². The molecule has 1 aromatic heterocycles.